The average Bonchev–Trinajstić information content (AvgIpc) is 3.16. The minimum Gasteiger partial charge on any atom is -0.466 e. The van der Waals surface area contributed by atoms with Crippen LogP contribution in [0.4, 0.5) is 0 Å². The monoisotopic (exact) mass is 336 g/mol. The van der Waals surface area contributed by atoms with E-state index < -0.39 is 5.60 Å². The Balaban J connectivity index is 1.79. The highest BCUT2D eigenvalue weighted by Gasteiger charge is 2.27. The number of nitrogens with one attached hydrogen (secondary N) is 1. The standard InChI is InChI=1S/C20H20N2O3/c1-14-15(17-9-3-4-11-21-17)7-5-8-16(14)19(23)22-13-20(2,24)18-10-6-12-25-18/h3-12,24H,13H2,1-2H3,(H,22,23). The summed E-state index contributed by atoms with van der Waals surface area (Å²) in [6, 6.07) is 14.6. The molecule has 25 heavy (non-hydrogen) atoms. The molecule has 5 nitrogen and oxygen atoms in total. The summed E-state index contributed by atoms with van der Waals surface area (Å²) in [7, 11) is 0. The molecule has 5 heteroatoms. The molecule has 2 aromatic heterocycles. The van der Waals surface area contributed by atoms with E-state index >= 15 is 0 Å². The summed E-state index contributed by atoms with van der Waals surface area (Å²) in [6.07, 6.45) is 3.22. The lowest BCUT2D eigenvalue weighted by molar-refractivity contribution is 0.0330. The Labute approximate surface area is 146 Å². The molecule has 1 unspecified atom stereocenters. The molecule has 0 radical (unpaired) electrons. The van der Waals surface area contributed by atoms with E-state index in [1.54, 1.807) is 31.3 Å². The van der Waals surface area contributed by atoms with Crippen molar-refractivity contribution in [2.45, 2.75) is 19.4 Å². The van der Waals surface area contributed by atoms with E-state index in [1.165, 1.54) is 6.26 Å². The van der Waals surface area contributed by atoms with E-state index in [9.17, 15) is 9.90 Å². The Hall–Kier alpha value is -2.92. The zero-order chi connectivity index (χ0) is 17.9. The van der Waals surface area contributed by atoms with Gasteiger partial charge in [-0.1, -0.05) is 18.2 Å². The number of hydrogen-bond acceptors (Lipinski definition) is 4. The minimum atomic E-state index is -1.27. The second kappa shape index (κ2) is 6.91. The van der Waals surface area contributed by atoms with Crippen molar-refractivity contribution in [3.05, 3.63) is 77.9 Å². The highest BCUT2D eigenvalue weighted by Crippen LogP contribution is 2.24. The van der Waals surface area contributed by atoms with Crippen LogP contribution in [0.15, 0.2) is 65.4 Å². The van der Waals surface area contributed by atoms with Crippen LogP contribution in [-0.2, 0) is 5.60 Å². The van der Waals surface area contributed by atoms with Gasteiger partial charge in [0.2, 0.25) is 0 Å². The van der Waals surface area contributed by atoms with E-state index in [-0.39, 0.29) is 12.5 Å². The molecule has 0 saturated heterocycles. The highest BCUT2D eigenvalue weighted by atomic mass is 16.4. The first-order chi connectivity index (χ1) is 12.0. The van der Waals surface area contributed by atoms with Gasteiger partial charge in [-0.3, -0.25) is 9.78 Å². The molecule has 2 N–H and O–H groups in total. The van der Waals surface area contributed by atoms with Gasteiger partial charge in [0.1, 0.15) is 11.4 Å². The summed E-state index contributed by atoms with van der Waals surface area (Å²) in [5, 5.41) is 13.2. The molecule has 128 valence electrons. The number of hydrogen-bond donors (Lipinski definition) is 2. The Kier molecular flexibility index (Phi) is 4.67. The van der Waals surface area contributed by atoms with Gasteiger partial charge in [-0.2, -0.15) is 0 Å². The van der Waals surface area contributed by atoms with E-state index in [2.05, 4.69) is 10.3 Å². The average molecular weight is 336 g/mol. The van der Waals surface area contributed by atoms with Gasteiger partial charge in [-0.25, -0.2) is 0 Å². The summed E-state index contributed by atoms with van der Waals surface area (Å²) in [5.41, 5.74) is 1.85. The second-order valence-electron chi connectivity index (χ2n) is 6.13. The van der Waals surface area contributed by atoms with Crippen LogP contribution in [0.3, 0.4) is 0 Å². The molecule has 1 aromatic carbocycles. The fraction of sp³-hybridized carbons (Fsp3) is 0.200. The highest BCUT2D eigenvalue weighted by molar-refractivity contribution is 5.97. The van der Waals surface area contributed by atoms with E-state index in [0.717, 1.165) is 16.8 Å². The van der Waals surface area contributed by atoms with Gasteiger partial charge in [0.25, 0.3) is 5.91 Å². The van der Waals surface area contributed by atoms with Crippen LogP contribution in [-0.4, -0.2) is 22.5 Å². The van der Waals surface area contributed by atoms with Crippen LogP contribution in [0.25, 0.3) is 11.3 Å². The van der Waals surface area contributed by atoms with Crippen LogP contribution >= 0.6 is 0 Å². The summed E-state index contributed by atoms with van der Waals surface area (Å²) < 4.78 is 5.23. The Morgan fingerprint density at radius 3 is 2.72 bits per heavy atom. The van der Waals surface area contributed by atoms with Crippen molar-refractivity contribution in [1.29, 1.82) is 0 Å². The first kappa shape index (κ1) is 16.9. The predicted molar refractivity (Wildman–Crippen MR) is 95.0 cm³/mol. The first-order valence-electron chi connectivity index (χ1n) is 8.04. The summed E-state index contributed by atoms with van der Waals surface area (Å²) in [5.74, 6) is 0.161. The zero-order valence-electron chi connectivity index (χ0n) is 14.2. The molecule has 3 rings (SSSR count). The van der Waals surface area contributed by atoms with Crippen molar-refractivity contribution in [3.63, 3.8) is 0 Å². The maximum atomic E-state index is 12.6. The fourth-order valence-electron chi connectivity index (χ4n) is 2.70. The van der Waals surface area contributed by atoms with Gasteiger partial charge in [0.05, 0.1) is 18.5 Å². The third kappa shape index (κ3) is 3.61. The topological polar surface area (TPSA) is 75.4 Å². The molecular weight excluding hydrogens is 316 g/mol. The molecule has 0 spiro atoms. The van der Waals surface area contributed by atoms with Crippen LogP contribution in [0, 0.1) is 6.92 Å². The number of nitrogens with zero attached hydrogens (tertiary/aromatic N) is 1. The van der Waals surface area contributed by atoms with Gasteiger partial charge in [0, 0.05) is 17.3 Å². The molecule has 2 heterocycles. The molecular formula is C20H20N2O3. The van der Waals surface area contributed by atoms with Gasteiger partial charge in [0.15, 0.2) is 0 Å². The normalized spacial score (nSPS) is 13.2. The smallest absolute Gasteiger partial charge is 0.251 e. The number of aromatic nitrogens is 1. The Morgan fingerprint density at radius 2 is 2.04 bits per heavy atom. The lowest BCUT2D eigenvalue weighted by atomic mass is 9.98. The van der Waals surface area contributed by atoms with E-state index in [0.29, 0.717) is 11.3 Å². The molecule has 0 saturated carbocycles. The van der Waals surface area contributed by atoms with E-state index in [1.807, 2.05) is 37.3 Å². The third-order valence-corrected chi connectivity index (χ3v) is 4.16. The van der Waals surface area contributed by atoms with Crippen molar-refractivity contribution in [2.75, 3.05) is 6.54 Å². The lowest BCUT2D eigenvalue weighted by Crippen LogP contribution is -2.38. The summed E-state index contributed by atoms with van der Waals surface area (Å²) in [4.78, 5) is 16.9. The third-order valence-electron chi connectivity index (χ3n) is 4.16. The number of rotatable bonds is 5. The van der Waals surface area contributed by atoms with Crippen LogP contribution in [0.5, 0.6) is 0 Å². The molecule has 0 bridgehead atoms. The fourth-order valence-corrected chi connectivity index (χ4v) is 2.70. The molecule has 1 amide bonds. The van der Waals surface area contributed by atoms with Crippen molar-refractivity contribution in [1.82, 2.24) is 10.3 Å². The minimum absolute atomic E-state index is 0.0482. The van der Waals surface area contributed by atoms with Crippen molar-refractivity contribution in [2.24, 2.45) is 0 Å². The van der Waals surface area contributed by atoms with Crippen LogP contribution in [0.2, 0.25) is 0 Å². The number of carbonyl (C=O) groups is 1. The quantitative estimate of drug-likeness (QED) is 0.750. The van der Waals surface area contributed by atoms with Gasteiger partial charge >= 0.3 is 0 Å². The van der Waals surface area contributed by atoms with Gasteiger partial charge in [-0.05, 0) is 49.7 Å². The molecule has 0 fully saturated rings. The predicted octanol–water partition coefficient (Wildman–Crippen LogP) is 3.29. The largest absolute Gasteiger partial charge is 0.466 e. The number of benzene rings is 1. The number of furan rings is 1. The number of pyridine rings is 1. The van der Waals surface area contributed by atoms with Crippen molar-refractivity contribution >= 4 is 5.91 Å². The summed E-state index contributed by atoms with van der Waals surface area (Å²) >= 11 is 0. The Bertz CT molecular complexity index is 856. The second-order valence-corrected chi connectivity index (χ2v) is 6.13. The van der Waals surface area contributed by atoms with Gasteiger partial charge in [-0.15, -0.1) is 0 Å². The zero-order valence-corrected chi connectivity index (χ0v) is 14.2. The van der Waals surface area contributed by atoms with Crippen LogP contribution < -0.4 is 5.32 Å². The molecule has 0 aliphatic carbocycles. The SMILES string of the molecule is Cc1c(C(=O)NCC(C)(O)c2ccco2)cccc1-c1ccccn1. The number of carbonyl (C=O) groups excluding carboxylic acids is 1. The first-order valence-corrected chi connectivity index (χ1v) is 8.04. The summed E-state index contributed by atoms with van der Waals surface area (Å²) in [6.45, 7) is 3.54. The number of amides is 1. The molecule has 3 aromatic rings. The number of aliphatic hydroxyl groups is 1. The van der Waals surface area contributed by atoms with Gasteiger partial charge < -0.3 is 14.8 Å². The van der Waals surface area contributed by atoms with Crippen molar-refractivity contribution < 1.29 is 14.3 Å². The molecule has 0 aliphatic rings. The van der Waals surface area contributed by atoms with Crippen LogP contribution in [0.1, 0.15) is 28.6 Å². The molecule has 0 aliphatic heterocycles. The van der Waals surface area contributed by atoms with Crippen molar-refractivity contribution in [3.8, 4) is 11.3 Å². The maximum absolute atomic E-state index is 12.6. The Morgan fingerprint density at radius 1 is 1.20 bits per heavy atom. The lowest BCUT2D eigenvalue weighted by Gasteiger charge is -2.21. The maximum Gasteiger partial charge on any atom is 0.251 e. The van der Waals surface area contributed by atoms with E-state index in [4.69, 9.17) is 4.42 Å². The molecule has 1 atom stereocenters.